The quantitative estimate of drug-likeness (QED) is 0.580. The topological polar surface area (TPSA) is 74.3 Å². The largest absolute Gasteiger partial charge is 0.346 e. The molecule has 2 aromatic carbocycles. The van der Waals surface area contributed by atoms with Gasteiger partial charge in [0, 0.05) is 42.7 Å². The second kappa shape index (κ2) is 9.94. The van der Waals surface area contributed by atoms with E-state index in [1.807, 2.05) is 24.4 Å². The lowest BCUT2D eigenvalue weighted by atomic mass is 9.97. The maximum atomic E-state index is 12.6. The van der Waals surface area contributed by atoms with Crippen LogP contribution in [0.15, 0.2) is 67.0 Å². The molecule has 32 heavy (non-hydrogen) atoms. The molecule has 1 aromatic heterocycles. The van der Waals surface area contributed by atoms with E-state index in [4.69, 9.17) is 11.6 Å². The van der Waals surface area contributed by atoms with Crippen LogP contribution in [0.5, 0.6) is 0 Å². The third-order valence-corrected chi connectivity index (χ3v) is 6.26. The van der Waals surface area contributed by atoms with E-state index in [1.165, 1.54) is 11.1 Å². The summed E-state index contributed by atoms with van der Waals surface area (Å²) < 4.78 is 0. The van der Waals surface area contributed by atoms with Crippen LogP contribution in [0.2, 0.25) is 5.02 Å². The molecule has 1 atom stereocenters. The summed E-state index contributed by atoms with van der Waals surface area (Å²) in [4.78, 5) is 31.6. The van der Waals surface area contributed by atoms with Crippen LogP contribution in [0.25, 0.3) is 0 Å². The van der Waals surface area contributed by atoms with Gasteiger partial charge in [0.25, 0.3) is 0 Å². The Bertz CT molecular complexity index is 1120. The zero-order chi connectivity index (χ0) is 22.5. The van der Waals surface area contributed by atoms with Crippen LogP contribution >= 0.6 is 11.6 Å². The molecule has 1 aliphatic heterocycles. The van der Waals surface area contributed by atoms with E-state index < -0.39 is 11.8 Å². The lowest BCUT2D eigenvalue weighted by Gasteiger charge is -2.35. The van der Waals surface area contributed by atoms with Crippen molar-refractivity contribution in [2.24, 2.45) is 0 Å². The molecule has 0 unspecified atom stereocenters. The molecule has 0 aliphatic carbocycles. The summed E-state index contributed by atoms with van der Waals surface area (Å²) in [5, 5.41) is 5.98. The SMILES string of the molecule is Cc1c(Cl)cccc1NC(=O)C(=O)NC[C@@H](c1cccnc1)N1CCc2ccccc2C1. The molecule has 0 saturated heterocycles. The molecular formula is C25H25ClN4O2. The van der Waals surface area contributed by atoms with Gasteiger partial charge >= 0.3 is 11.8 Å². The summed E-state index contributed by atoms with van der Waals surface area (Å²) in [5.74, 6) is -1.40. The fourth-order valence-corrected chi connectivity index (χ4v) is 4.18. The second-order valence-corrected chi connectivity index (χ2v) is 8.28. The Balaban J connectivity index is 1.45. The first-order valence-corrected chi connectivity index (χ1v) is 11.0. The van der Waals surface area contributed by atoms with E-state index in [-0.39, 0.29) is 6.04 Å². The van der Waals surface area contributed by atoms with Gasteiger partial charge in [0.15, 0.2) is 0 Å². The molecule has 6 nitrogen and oxygen atoms in total. The lowest BCUT2D eigenvalue weighted by Crippen LogP contribution is -2.43. The van der Waals surface area contributed by atoms with Gasteiger partial charge in [-0.15, -0.1) is 0 Å². The van der Waals surface area contributed by atoms with Gasteiger partial charge in [-0.25, -0.2) is 0 Å². The molecule has 0 spiro atoms. The fourth-order valence-electron chi connectivity index (χ4n) is 4.01. The van der Waals surface area contributed by atoms with E-state index in [9.17, 15) is 9.59 Å². The highest BCUT2D eigenvalue weighted by Gasteiger charge is 2.26. The predicted molar refractivity (Wildman–Crippen MR) is 125 cm³/mol. The standard InChI is InChI=1S/C25H25ClN4O2/c1-17-21(26)9-4-10-22(17)29-25(32)24(31)28-15-23(19-8-5-12-27-14-19)30-13-11-18-6-2-3-7-20(18)16-30/h2-10,12,14,23H,11,13,15-16H2,1H3,(H,28,31)(H,29,32)/t23-/m0/s1. The van der Waals surface area contributed by atoms with Crippen LogP contribution in [0, 0.1) is 6.92 Å². The number of amides is 2. The van der Waals surface area contributed by atoms with Gasteiger partial charge in [0.2, 0.25) is 0 Å². The van der Waals surface area contributed by atoms with Gasteiger partial charge in [0.05, 0.1) is 6.04 Å². The number of carbonyl (C=O) groups is 2. The molecule has 2 amide bonds. The third-order valence-electron chi connectivity index (χ3n) is 5.85. The van der Waals surface area contributed by atoms with Crippen molar-refractivity contribution in [3.05, 3.63) is 94.3 Å². The van der Waals surface area contributed by atoms with Gasteiger partial charge in [-0.1, -0.05) is 48.0 Å². The maximum Gasteiger partial charge on any atom is 0.313 e. The number of carbonyl (C=O) groups excluding carboxylic acids is 2. The van der Waals surface area contributed by atoms with E-state index in [1.54, 1.807) is 31.3 Å². The number of pyridine rings is 1. The van der Waals surface area contributed by atoms with E-state index in [2.05, 4.69) is 38.7 Å². The lowest BCUT2D eigenvalue weighted by molar-refractivity contribution is -0.136. The van der Waals surface area contributed by atoms with Crippen LogP contribution in [-0.2, 0) is 22.6 Å². The summed E-state index contributed by atoms with van der Waals surface area (Å²) >= 11 is 6.11. The van der Waals surface area contributed by atoms with Gasteiger partial charge in [-0.3, -0.25) is 19.5 Å². The van der Waals surface area contributed by atoms with Crippen LogP contribution in [-0.4, -0.2) is 34.8 Å². The summed E-state index contributed by atoms with van der Waals surface area (Å²) in [6.45, 7) is 3.73. The van der Waals surface area contributed by atoms with Crippen molar-refractivity contribution in [2.75, 3.05) is 18.4 Å². The minimum atomic E-state index is -0.718. The molecule has 0 radical (unpaired) electrons. The Morgan fingerprint density at radius 3 is 2.66 bits per heavy atom. The highest BCUT2D eigenvalue weighted by atomic mass is 35.5. The number of nitrogens with zero attached hydrogens (tertiary/aromatic N) is 2. The summed E-state index contributed by atoms with van der Waals surface area (Å²) in [7, 11) is 0. The van der Waals surface area contributed by atoms with Crippen molar-refractivity contribution in [2.45, 2.75) is 25.9 Å². The first-order chi connectivity index (χ1) is 15.5. The van der Waals surface area contributed by atoms with Gasteiger partial charge in [-0.2, -0.15) is 0 Å². The number of rotatable bonds is 5. The molecule has 0 fully saturated rings. The van der Waals surface area contributed by atoms with E-state index in [0.29, 0.717) is 17.3 Å². The van der Waals surface area contributed by atoms with E-state index >= 15 is 0 Å². The Labute approximate surface area is 192 Å². The molecule has 1 aliphatic rings. The van der Waals surface area contributed by atoms with Crippen molar-refractivity contribution in [1.82, 2.24) is 15.2 Å². The second-order valence-electron chi connectivity index (χ2n) is 7.87. The highest BCUT2D eigenvalue weighted by Crippen LogP contribution is 2.27. The Morgan fingerprint density at radius 2 is 1.88 bits per heavy atom. The zero-order valence-electron chi connectivity index (χ0n) is 17.8. The molecule has 4 rings (SSSR count). The number of halogens is 1. The van der Waals surface area contributed by atoms with Crippen molar-refractivity contribution >= 4 is 29.1 Å². The molecule has 2 N–H and O–H groups in total. The maximum absolute atomic E-state index is 12.6. The molecule has 3 aromatic rings. The van der Waals surface area contributed by atoms with Crippen LogP contribution < -0.4 is 10.6 Å². The Hall–Kier alpha value is -3.22. The normalized spacial score (nSPS) is 14.3. The first-order valence-electron chi connectivity index (χ1n) is 10.6. The molecule has 0 bridgehead atoms. The van der Waals surface area contributed by atoms with Gasteiger partial charge in [0.1, 0.15) is 0 Å². The fraction of sp³-hybridized carbons (Fsp3) is 0.240. The average molecular weight is 449 g/mol. The minimum Gasteiger partial charge on any atom is -0.346 e. The first kappa shape index (κ1) is 22.0. The smallest absolute Gasteiger partial charge is 0.313 e. The van der Waals surface area contributed by atoms with Crippen molar-refractivity contribution < 1.29 is 9.59 Å². The predicted octanol–water partition coefficient (Wildman–Crippen LogP) is 3.90. The molecule has 7 heteroatoms. The average Bonchev–Trinajstić information content (AvgIpc) is 2.82. The molecular weight excluding hydrogens is 424 g/mol. The molecule has 2 heterocycles. The Kier molecular flexibility index (Phi) is 6.83. The third kappa shape index (κ3) is 4.98. The van der Waals surface area contributed by atoms with Gasteiger partial charge in [-0.05, 0) is 53.8 Å². The van der Waals surface area contributed by atoms with Crippen molar-refractivity contribution in [3.8, 4) is 0 Å². The number of fused-ring (bicyclic) bond motifs is 1. The number of anilines is 1. The monoisotopic (exact) mass is 448 g/mol. The zero-order valence-corrected chi connectivity index (χ0v) is 18.6. The van der Waals surface area contributed by atoms with Crippen LogP contribution in [0.1, 0.15) is 28.3 Å². The van der Waals surface area contributed by atoms with Crippen LogP contribution in [0.4, 0.5) is 5.69 Å². The summed E-state index contributed by atoms with van der Waals surface area (Å²) in [6.07, 6.45) is 4.48. The van der Waals surface area contributed by atoms with Crippen molar-refractivity contribution in [3.63, 3.8) is 0 Å². The Morgan fingerprint density at radius 1 is 1.06 bits per heavy atom. The summed E-state index contributed by atoms with van der Waals surface area (Å²) in [5.41, 5.74) is 4.88. The number of hydrogen-bond acceptors (Lipinski definition) is 4. The van der Waals surface area contributed by atoms with Crippen molar-refractivity contribution in [1.29, 1.82) is 0 Å². The number of benzene rings is 2. The minimum absolute atomic E-state index is 0.0956. The molecule has 164 valence electrons. The van der Waals surface area contributed by atoms with E-state index in [0.717, 1.165) is 30.6 Å². The van der Waals surface area contributed by atoms with Crippen LogP contribution in [0.3, 0.4) is 0 Å². The number of hydrogen-bond donors (Lipinski definition) is 2. The highest BCUT2D eigenvalue weighted by molar-refractivity contribution is 6.40. The number of aromatic nitrogens is 1. The summed E-state index contributed by atoms with van der Waals surface area (Å²) in [6, 6.07) is 17.4. The number of nitrogens with one attached hydrogen (secondary N) is 2. The molecule has 0 saturated carbocycles. The van der Waals surface area contributed by atoms with Gasteiger partial charge < -0.3 is 10.6 Å².